The van der Waals surface area contributed by atoms with Gasteiger partial charge in [0, 0.05) is 56.2 Å². The summed E-state index contributed by atoms with van der Waals surface area (Å²) >= 11 is 1.93. The minimum Gasteiger partial charge on any atom is -0.299 e. The van der Waals surface area contributed by atoms with Gasteiger partial charge < -0.3 is 0 Å². The molecule has 3 aromatic heterocycles. The first-order valence-electron chi connectivity index (χ1n) is 18.3. The fourth-order valence-electron chi connectivity index (χ4n) is 8.47. The van der Waals surface area contributed by atoms with Crippen LogP contribution in [0, 0.1) is 40.5 Å². The summed E-state index contributed by atoms with van der Waals surface area (Å²) in [6.07, 6.45) is 9.71. The minimum atomic E-state index is -0.00395. The second-order valence-electron chi connectivity index (χ2n) is 14.6. The summed E-state index contributed by atoms with van der Waals surface area (Å²) < 4.78 is 7.60. The van der Waals surface area contributed by atoms with Gasteiger partial charge in [-0.25, -0.2) is 4.98 Å². The Morgan fingerprint density at radius 2 is 1.52 bits per heavy atom. The van der Waals surface area contributed by atoms with E-state index in [1.165, 1.54) is 76.1 Å². The molecule has 0 spiro atoms. The van der Waals surface area contributed by atoms with Crippen molar-refractivity contribution in [3.05, 3.63) is 137 Å². The Kier molecular flexibility index (Phi) is 9.26. The maximum absolute atomic E-state index is 5.01. The number of aryl methyl sites for hydroxylation is 6. The van der Waals surface area contributed by atoms with Gasteiger partial charge in [0.2, 0.25) is 5.69 Å². The van der Waals surface area contributed by atoms with Gasteiger partial charge in [-0.2, -0.15) is 4.57 Å². The molecule has 0 aliphatic carbocycles. The highest BCUT2D eigenvalue weighted by molar-refractivity contribution is 7.26. The number of para-hydroxylation sites is 1. The summed E-state index contributed by atoms with van der Waals surface area (Å²) in [5.41, 5.74) is 13.1. The van der Waals surface area contributed by atoms with Gasteiger partial charge in [0.1, 0.15) is 12.4 Å². The molecule has 3 nitrogen and oxygen atoms in total. The summed E-state index contributed by atoms with van der Waals surface area (Å²) in [5, 5.41) is 2.71. The average molecular weight is 677 g/mol. The topological polar surface area (TPSA) is 21.7 Å². The molecule has 0 aliphatic rings. The van der Waals surface area contributed by atoms with Crippen LogP contribution < -0.4 is 4.57 Å². The Labute approximate surface area is 302 Å². The largest absolute Gasteiger partial charge is 0.299 e. The van der Waals surface area contributed by atoms with E-state index in [9.17, 15) is 0 Å². The fourth-order valence-corrected chi connectivity index (χ4v) is 9.78. The lowest BCUT2D eigenvalue weighted by Gasteiger charge is -2.39. The zero-order valence-electron chi connectivity index (χ0n) is 31.0. The quantitative estimate of drug-likeness (QED) is 0.132. The summed E-state index contributed by atoms with van der Waals surface area (Å²) in [4.78, 5) is 5.01. The molecule has 4 aromatic carbocycles. The van der Waals surface area contributed by atoms with Crippen LogP contribution in [-0.2, 0) is 12.0 Å². The molecule has 0 amide bonds. The van der Waals surface area contributed by atoms with E-state index in [4.69, 9.17) is 4.98 Å². The Morgan fingerprint density at radius 1 is 0.780 bits per heavy atom. The van der Waals surface area contributed by atoms with E-state index in [-0.39, 0.29) is 5.41 Å². The first-order chi connectivity index (χ1) is 24.1. The zero-order chi connectivity index (χ0) is 35.2. The Balaban J connectivity index is 1.28. The Bertz CT molecular complexity index is 2320. The van der Waals surface area contributed by atoms with Gasteiger partial charge in [0.25, 0.3) is 0 Å². The molecule has 1 atom stereocenters. The van der Waals surface area contributed by atoms with Crippen molar-refractivity contribution in [2.45, 2.75) is 86.6 Å². The van der Waals surface area contributed by atoms with Crippen LogP contribution in [0.5, 0.6) is 0 Å². The van der Waals surface area contributed by atoms with E-state index in [1.807, 2.05) is 17.5 Å². The molecular weight excluding hydrogens is 627 g/mol. The molecule has 0 fully saturated rings. The molecule has 0 saturated carbocycles. The van der Waals surface area contributed by atoms with Gasteiger partial charge in [-0.1, -0.05) is 93.6 Å². The predicted molar refractivity (Wildman–Crippen MR) is 214 cm³/mol. The third-order valence-electron chi connectivity index (χ3n) is 11.4. The van der Waals surface area contributed by atoms with Crippen LogP contribution in [0.15, 0.2) is 104 Å². The molecule has 50 heavy (non-hydrogen) atoms. The number of fused-ring (bicyclic) bond motifs is 3. The number of imidazole rings is 1. The van der Waals surface area contributed by atoms with E-state index in [0.29, 0.717) is 5.92 Å². The van der Waals surface area contributed by atoms with E-state index < -0.39 is 0 Å². The Hall–Kier alpha value is -4.54. The normalized spacial score (nSPS) is 13.1. The van der Waals surface area contributed by atoms with Gasteiger partial charge in [0.05, 0.1) is 11.3 Å². The number of benzene rings is 4. The highest BCUT2D eigenvalue weighted by Gasteiger charge is 2.37. The van der Waals surface area contributed by atoms with Gasteiger partial charge in [-0.3, -0.25) is 4.57 Å². The summed E-state index contributed by atoms with van der Waals surface area (Å²) in [6.45, 7) is 19.4. The molecule has 254 valence electrons. The lowest BCUT2D eigenvalue weighted by molar-refractivity contribution is -0.687. The number of hydrogen-bond donors (Lipinski definition) is 0. The van der Waals surface area contributed by atoms with Crippen LogP contribution in [0.2, 0.25) is 0 Å². The monoisotopic (exact) mass is 676 g/mol. The lowest BCUT2D eigenvalue weighted by Crippen LogP contribution is -2.39. The highest BCUT2D eigenvalue weighted by Crippen LogP contribution is 2.45. The lowest BCUT2D eigenvalue weighted by atomic mass is 9.65. The van der Waals surface area contributed by atoms with Crippen molar-refractivity contribution in [3.63, 3.8) is 0 Å². The van der Waals surface area contributed by atoms with E-state index in [1.54, 1.807) is 0 Å². The van der Waals surface area contributed by atoms with Gasteiger partial charge in [0.15, 0.2) is 6.20 Å². The van der Waals surface area contributed by atoms with E-state index in [2.05, 4.69) is 162 Å². The smallest absolute Gasteiger partial charge is 0.214 e. The van der Waals surface area contributed by atoms with Crippen molar-refractivity contribution >= 4 is 31.5 Å². The van der Waals surface area contributed by atoms with Crippen molar-refractivity contribution in [1.29, 1.82) is 0 Å². The third-order valence-corrected chi connectivity index (χ3v) is 12.6. The van der Waals surface area contributed by atoms with E-state index in [0.717, 1.165) is 31.6 Å². The van der Waals surface area contributed by atoms with Crippen molar-refractivity contribution in [1.82, 2.24) is 9.55 Å². The van der Waals surface area contributed by atoms with Crippen LogP contribution >= 0.6 is 11.3 Å². The average Bonchev–Trinajstić information content (AvgIpc) is 3.73. The van der Waals surface area contributed by atoms with Crippen LogP contribution in [0.25, 0.3) is 48.5 Å². The van der Waals surface area contributed by atoms with E-state index >= 15 is 0 Å². The second-order valence-corrected chi connectivity index (χ2v) is 15.7. The molecule has 0 bridgehead atoms. The summed E-state index contributed by atoms with van der Waals surface area (Å²) in [5.74, 6) is 1.48. The number of thiophene rings is 1. The number of hydrogen-bond acceptors (Lipinski definition) is 2. The Morgan fingerprint density at radius 3 is 2.28 bits per heavy atom. The fraction of sp³-hybridized carbons (Fsp3) is 0.304. The molecule has 0 aliphatic heterocycles. The first-order valence-corrected chi connectivity index (χ1v) is 19.1. The second kappa shape index (κ2) is 13.6. The third kappa shape index (κ3) is 5.78. The molecule has 7 aromatic rings. The maximum atomic E-state index is 5.01. The minimum absolute atomic E-state index is 0.00395. The summed E-state index contributed by atoms with van der Waals surface area (Å²) in [6, 6.07) is 31.5. The number of pyridine rings is 1. The molecule has 1 unspecified atom stereocenters. The predicted octanol–water partition coefficient (Wildman–Crippen LogP) is 12.2. The SMILES string of the molecule is CCC(CCC[n+]1cc(C)c(C)cc1-c1c(C)ccc2c1sc1ccccc12)(c1ccccc1-c1nccn1-c1c(C)cccc1C)C(C)C. The van der Waals surface area contributed by atoms with Crippen molar-refractivity contribution in [2.24, 2.45) is 5.92 Å². The molecule has 4 heteroatoms. The zero-order valence-corrected chi connectivity index (χ0v) is 31.8. The van der Waals surface area contributed by atoms with Crippen LogP contribution in [-0.4, -0.2) is 9.55 Å². The molecule has 7 rings (SSSR count). The number of aromatic nitrogens is 3. The standard InChI is InChI=1S/C46H50N3S/c1-9-46(30(2)3,39-20-12-10-19-38(39)45-47-25-27-49(45)43-32(5)16-14-17-33(43)6)24-15-26-48-29-35(8)34(7)28-40(48)42-31(4)22-23-37-36-18-11-13-21-41(36)50-44(37)42/h10-14,16-23,25,27-30H,9,15,24,26H2,1-8H3/q+1. The number of rotatable bonds is 10. The van der Waals surface area contributed by atoms with Crippen molar-refractivity contribution in [2.75, 3.05) is 0 Å². The molecule has 0 saturated heterocycles. The van der Waals surface area contributed by atoms with Gasteiger partial charge in [-0.05, 0) is 92.7 Å². The van der Waals surface area contributed by atoms with Crippen LogP contribution in [0.4, 0.5) is 0 Å². The molecular formula is C46H50N3S+. The van der Waals surface area contributed by atoms with Crippen molar-refractivity contribution in [3.8, 4) is 28.3 Å². The maximum Gasteiger partial charge on any atom is 0.214 e. The van der Waals surface area contributed by atoms with Crippen LogP contribution in [0.3, 0.4) is 0 Å². The number of nitrogens with zero attached hydrogens (tertiary/aromatic N) is 3. The molecule has 0 radical (unpaired) electrons. The summed E-state index contributed by atoms with van der Waals surface area (Å²) in [7, 11) is 0. The molecule has 3 heterocycles. The first kappa shape index (κ1) is 33.9. The van der Waals surface area contributed by atoms with Gasteiger partial charge >= 0.3 is 0 Å². The van der Waals surface area contributed by atoms with Crippen LogP contribution in [0.1, 0.15) is 73.4 Å². The van der Waals surface area contributed by atoms with Crippen molar-refractivity contribution < 1.29 is 4.57 Å². The highest BCUT2D eigenvalue weighted by atomic mass is 32.1. The molecule has 0 N–H and O–H groups in total. The van der Waals surface area contributed by atoms with Gasteiger partial charge in [-0.15, -0.1) is 11.3 Å².